The van der Waals surface area contributed by atoms with Crippen molar-refractivity contribution in [2.45, 2.75) is 13.0 Å². The number of carbonyl (C=O) groups excluding carboxylic acids is 1. The van der Waals surface area contributed by atoms with Gasteiger partial charge in [0.25, 0.3) is 0 Å². The minimum atomic E-state index is -0.0307. The Morgan fingerprint density at radius 1 is 1.37 bits per heavy atom. The van der Waals surface area contributed by atoms with Gasteiger partial charge in [-0.25, -0.2) is 0 Å². The molecule has 5 nitrogen and oxygen atoms in total. The van der Waals surface area contributed by atoms with E-state index in [0.717, 1.165) is 5.56 Å². The number of hydrogen-bond acceptors (Lipinski definition) is 3. The summed E-state index contributed by atoms with van der Waals surface area (Å²) in [6.45, 7) is 1.21. The van der Waals surface area contributed by atoms with Crippen LogP contribution in [0.4, 0.5) is 0 Å². The summed E-state index contributed by atoms with van der Waals surface area (Å²) in [5, 5.41) is 15.6. The van der Waals surface area contributed by atoms with Crippen LogP contribution >= 0.6 is 0 Å². The third-order valence-electron chi connectivity index (χ3n) is 2.67. The molecule has 2 aromatic rings. The molecule has 2 rings (SSSR count). The van der Waals surface area contributed by atoms with E-state index >= 15 is 0 Å². The van der Waals surface area contributed by atoms with Gasteiger partial charge in [-0.1, -0.05) is 12.1 Å². The first kappa shape index (κ1) is 12.8. The van der Waals surface area contributed by atoms with Crippen LogP contribution in [0.1, 0.15) is 11.1 Å². The number of nitrogens with one attached hydrogen (secondary N) is 1. The first-order valence-corrected chi connectivity index (χ1v) is 6.01. The Balaban J connectivity index is 1.76. The molecule has 1 amide bonds. The molecular formula is C14H14N4O. The molecule has 0 unspecified atom stereocenters. The van der Waals surface area contributed by atoms with E-state index in [-0.39, 0.29) is 5.91 Å². The summed E-state index contributed by atoms with van der Waals surface area (Å²) in [6.07, 6.45) is 3.89. The van der Waals surface area contributed by atoms with Gasteiger partial charge in [-0.15, -0.1) is 0 Å². The lowest BCUT2D eigenvalue weighted by Gasteiger charge is -2.05. The average Bonchev–Trinajstić information content (AvgIpc) is 2.93. The lowest BCUT2D eigenvalue weighted by atomic mass is 10.1. The lowest BCUT2D eigenvalue weighted by molar-refractivity contribution is -0.120. The van der Waals surface area contributed by atoms with E-state index in [1.54, 1.807) is 35.1 Å². The predicted octanol–water partition coefficient (Wildman–Crippen LogP) is 1.11. The Kier molecular flexibility index (Phi) is 4.29. The zero-order valence-electron chi connectivity index (χ0n) is 10.4. The van der Waals surface area contributed by atoms with Crippen LogP contribution in [0, 0.1) is 11.3 Å². The van der Waals surface area contributed by atoms with Crippen LogP contribution in [0.3, 0.4) is 0 Å². The van der Waals surface area contributed by atoms with E-state index in [0.29, 0.717) is 25.1 Å². The fourth-order valence-corrected chi connectivity index (χ4v) is 1.69. The molecule has 0 atom stereocenters. The van der Waals surface area contributed by atoms with Crippen molar-refractivity contribution in [3.63, 3.8) is 0 Å². The highest BCUT2D eigenvalue weighted by Gasteiger charge is 2.03. The van der Waals surface area contributed by atoms with E-state index < -0.39 is 0 Å². The van der Waals surface area contributed by atoms with Crippen LogP contribution < -0.4 is 5.32 Å². The van der Waals surface area contributed by atoms with Gasteiger partial charge in [-0.3, -0.25) is 9.48 Å². The standard InChI is InChI=1S/C14H14N4O/c15-11-13-4-2-12(3-5-13)10-14(19)16-7-9-18-8-1-6-17-18/h1-6,8H,7,9-10H2,(H,16,19). The van der Waals surface area contributed by atoms with Crippen molar-refractivity contribution in [1.29, 1.82) is 5.26 Å². The fourth-order valence-electron chi connectivity index (χ4n) is 1.69. The fraction of sp³-hybridized carbons (Fsp3) is 0.214. The number of amides is 1. The van der Waals surface area contributed by atoms with Crippen LogP contribution in [0.5, 0.6) is 0 Å². The molecule has 1 N–H and O–H groups in total. The molecule has 0 aliphatic rings. The highest BCUT2D eigenvalue weighted by molar-refractivity contribution is 5.78. The van der Waals surface area contributed by atoms with Crippen molar-refractivity contribution in [2.75, 3.05) is 6.54 Å². The van der Waals surface area contributed by atoms with Gasteiger partial charge in [0.1, 0.15) is 0 Å². The van der Waals surface area contributed by atoms with Crippen LogP contribution in [-0.4, -0.2) is 22.2 Å². The number of nitriles is 1. The molecule has 0 aliphatic carbocycles. The predicted molar refractivity (Wildman–Crippen MR) is 70.1 cm³/mol. The maximum Gasteiger partial charge on any atom is 0.224 e. The number of nitrogens with zero attached hydrogens (tertiary/aromatic N) is 3. The summed E-state index contributed by atoms with van der Waals surface area (Å²) < 4.78 is 1.77. The van der Waals surface area contributed by atoms with Crippen molar-refractivity contribution in [1.82, 2.24) is 15.1 Å². The van der Waals surface area contributed by atoms with Crippen molar-refractivity contribution in [3.8, 4) is 6.07 Å². The number of rotatable bonds is 5. The molecular weight excluding hydrogens is 240 g/mol. The highest BCUT2D eigenvalue weighted by atomic mass is 16.1. The Bertz CT molecular complexity index is 566. The largest absolute Gasteiger partial charge is 0.354 e. The molecule has 0 radical (unpaired) electrons. The lowest BCUT2D eigenvalue weighted by Crippen LogP contribution is -2.28. The second-order valence-corrected chi connectivity index (χ2v) is 4.10. The zero-order chi connectivity index (χ0) is 13.5. The van der Waals surface area contributed by atoms with Crippen LogP contribution in [0.15, 0.2) is 42.7 Å². The van der Waals surface area contributed by atoms with Gasteiger partial charge in [0, 0.05) is 18.9 Å². The Morgan fingerprint density at radius 2 is 2.16 bits per heavy atom. The molecule has 1 heterocycles. The maximum atomic E-state index is 11.7. The van der Waals surface area contributed by atoms with Crippen molar-refractivity contribution in [2.24, 2.45) is 0 Å². The monoisotopic (exact) mass is 254 g/mol. The summed E-state index contributed by atoms with van der Waals surface area (Å²) in [5.74, 6) is -0.0307. The molecule has 0 saturated carbocycles. The topological polar surface area (TPSA) is 70.7 Å². The quantitative estimate of drug-likeness (QED) is 0.869. The highest BCUT2D eigenvalue weighted by Crippen LogP contribution is 2.03. The average molecular weight is 254 g/mol. The molecule has 0 saturated heterocycles. The number of benzene rings is 1. The summed E-state index contributed by atoms with van der Waals surface area (Å²) in [5.41, 5.74) is 1.50. The molecule has 1 aromatic carbocycles. The Morgan fingerprint density at radius 3 is 2.79 bits per heavy atom. The normalized spacial score (nSPS) is 9.84. The first-order valence-electron chi connectivity index (χ1n) is 6.01. The van der Waals surface area contributed by atoms with E-state index in [2.05, 4.69) is 10.4 Å². The minimum absolute atomic E-state index is 0.0307. The summed E-state index contributed by atoms with van der Waals surface area (Å²) in [7, 11) is 0. The second kappa shape index (κ2) is 6.36. The van der Waals surface area contributed by atoms with E-state index in [4.69, 9.17) is 5.26 Å². The number of aromatic nitrogens is 2. The molecule has 0 fully saturated rings. The van der Waals surface area contributed by atoms with Gasteiger partial charge in [0.2, 0.25) is 5.91 Å². The van der Waals surface area contributed by atoms with Crippen LogP contribution in [-0.2, 0) is 17.8 Å². The molecule has 96 valence electrons. The van der Waals surface area contributed by atoms with Gasteiger partial charge < -0.3 is 5.32 Å². The van der Waals surface area contributed by atoms with Gasteiger partial charge >= 0.3 is 0 Å². The van der Waals surface area contributed by atoms with Gasteiger partial charge in [0.15, 0.2) is 0 Å². The Hall–Kier alpha value is -2.61. The van der Waals surface area contributed by atoms with E-state index in [9.17, 15) is 4.79 Å². The van der Waals surface area contributed by atoms with Crippen molar-refractivity contribution in [3.05, 3.63) is 53.9 Å². The zero-order valence-corrected chi connectivity index (χ0v) is 10.4. The smallest absolute Gasteiger partial charge is 0.224 e. The molecule has 1 aromatic heterocycles. The maximum absolute atomic E-state index is 11.7. The molecule has 19 heavy (non-hydrogen) atoms. The number of carbonyl (C=O) groups is 1. The molecule has 0 aliphatic heterocycles. The molecule has 5 heteroatoms. The Labute approximate surface area is 111 Å². The summed E-state index contributed by atoms with van der Waals surface area (Å²) in [4.78, 5) is 11.7. The SMILES string of the molecule is N#Cc1ccc(CC(=O)NCCn2cccn2)cc1. The first-order chi connectivity index (χ1) is 9.28. The van der Waals surface area contributed by atoms with Gasteiger partial charge in [-0.05, 0) is 23.8 Å². The second-order valence-electron chi connectivity index (χ2n) is 4.10. The molecule has 0 bridgehead atoms. The third-order valence-corrected chi connectivity index (χ3v) is 2.67. The van der Waals surface area contributed by atoms with Crippen LogP contribution in [0.25, 0.3) is 0 Å². The van der Waals surface area contributed by atoms with Crippen molar-refractivity contribution >= 4 is 5.91 Å². The van der Waals surface area contributed by atoms with E-state index in [1.807, 2.05) is 18.3 Å². The van der Waals surface area contributed by atoms with Crippen LogP contribution in [0.2, 0.25) is 0 Å². The summed E-state index contributed by atoms with van der Waals surface area (Å²) >= 11 is 0. The number of hydrogen-bond donors (Lipinski definition) is 1. The third kappa shape index (κ3) is 3.96. The summed E-state index contributed by atoms with van der Waals surface area (Å²) in [6, 6.07) is 10.9. The van der Waals surface area contributed by atoms with Crippen molar-refractivity contribution < 1.29 is 4.79 Å². The molecule has 0 spiro atoms. The van der Waals surface area contributed by atoms with Gasteiger partial charge in [-0.2, -0.15) is 10.4 Å². The minimum Gasteiger partial charge on any atom is -0.354 e. The van der Waals surface area contributed by atoms with E-state index in [1.165, 1.54) is 0 Å². The van der Waals surface area contributed by atoms with Gasteiger partial charge in [0.05, 0.1) is 24.6 Å².